The zero-order valence-corrected chi connectivity index (χ0v) is 15.1. The second kappa shape index (κ2) is 7.21. The molecule has 7 heteroatoms. The van der Waals surface area contributed by atoms with E-state index < -0.39 is 0 Å². The topological polar surface area (TPSA) is 68.2 Å². The van der Waals surface area contributed by atoms with E-state index in [-0.39, 0.29) is 5.91 Å². The first-order chi connectivity index (χ1) is 12.7. The molecule has 2 aromatic heterocycles. The van der Waals surface area contributed by atoms with Gasteiger partial charge in [-0.05, 0) is 31.0 Å². The van der Waals surface area contributed by atoms with Crippen molar-refractivity contribution < 1.29 is 9.53 Å². The Morgan fingerprint density at radius 3 is 2.58 bits per heavy atom. The predicted molar refractivity (Wildman–Crippen MR) is 99.0 cm³/mol. The summed E-state index contributed by atoms with van der Waals surface area (Å²) in [5.41, 5.74) is 2.33. The van der Waals surface area contributed by atoms with E-state index in [9.17, 15) is 4.79 Å². The van der Waals surface area contributed by atoms with Gasteiger partial charge in [0.25, 0.3) is 5.91 Å². The summed E-state index contributed by atoms with van der Waals surface area (Å²) in [5, 5.41) is 11.0. The number of hydrogen-bond donors (Lipinski definition) is 0. The lowest BCUT2D eigenvalue weighted by molar-refractivity contribution is 0.0730. The number of aromatic nitrogens is 3. The van der Waals surface area contributed by atoms with Crippen molar-refractivity contribution in [3.63, 3.8) is 0 Å². The lowest BCUT2D eigenvalue weighted by atomic mass is 10.1. The summed E-state index contributed by atoms with van der Waals surface area (Å²) in [6, 6.07) is 11.4. The molecule has 6 nitrogen and oxygen atoms in total. The van der Waals surface area contributed by atoms with Crippen LogP contribution in [0.2, 0.25) is 0 Å². The minimum absolute atomic E-state index is 0.0510. The predicted octanol–water partition coefficient (Wildman–Crippen LogP) is 3.41. The SMILES string of the molecule is COc1ccc(-c2ccc(C(=O)N(Cc3nccs3)C3CC3)cc2)nn1. The molecule has 1 aromatic carbocycles. The van der Waals surface area contributed by atoms with Crippen LogP contribution >= 0.6 is 11.3 Å². The summed E-state index contributed by atoms with van der Waals surface area (Å²) in [6.07, 6.45) is 3.91. The van der Waals surface area contributed by atoms with Crippen molar-refractivity contribution in [2.24, 2.45) is 0 Å². The first kappa shape index (κ1) is 16.7. The molecule has 1 amide bonds. The Morgan fingerprint density at radius 2 is 2.00 bits per heavy atom. The smallest absolute Gasteiger partial charge is 0.254 e. The van der Waals surface area contributed by atoms with Crippen LogP contribution < -0.4 is 4.74 Å². The minimum Gasteiger partial charge on any atom is -0.480 e. The third-order valence-electron chi connectivity index (χ3n) is 4.31. The second-order valence-corrected chi connectivity index (χ2v) is 7.11. The number of carbonyl (C=O) groups excluding carboxylic acids is 1. The van der Waals surface area contributed by atoms with Gasteiger partial charge < -0.3 is 9.64 Å². The highest BCUT2D eigenvalue weighted by molar-refractivity contribution is 7.09. The highest BCUT2D eigenvalue weighted by atomic mass is 32.1. The van der Waals surface area contributed by atoms with Crippen LogP contribution in [0.1, 0.15) is 28.2 Å². The summed E-state index contributed by atoms with van der Waals surface area (Å²) < 4.78 is 5.03. The molecule has 0 bridgehead atoms. The molecule has 4 rings (SSSR count). The summed E-state index contributed by atoms with van der Waals surface area (Å²) in [6.45, 7) is 0.576. The Hall–Kier alpha value is -2.80. The van der Waals surface area contributed by atoms with Gasteiger partial charge in [0, 0.05) is 34.8 Å². The Morgan fingerprint density at radius 1 is 1.19 bits per heavy atom. The van der Waals surface area contributed by atoms with Crippen LogP contribution in [0.25, 0.3) is 11.3 Å². The first-order valence-electron chi connectivity index (χ1n) is 8.42. The van der Waals surface area contributed by atoms with Crippen LogP contribution in [-0.4, -0.2) is 39.1 Å². The second-order valence-electron chi connectivity index (χ2n) is 6.13. The number of rotatable bonds is 6. The summed E-state index contributed by atoms with van der Waals surface area (Å²) in [4.78, 5) is 19.2. The summed E-state index contributed by atoms with van der Waals surface area (Å²) >= 11 is 1.58. The van der Waals surface area contributed by atoms with Crippen molar-refractivity contribution in [3.8, 4) is 17.1 Å². The number of methoxy groups -OCH3 is 1. The Kier molecular flexibility index (Phi) is 4.62. The number of nitrogens with zero attached hydrogens (tertiary/aromatic N) is 4. The molecule has 1 aliphatic carbocycles. The molecule has 1 saturated carbocycles. The molecule has 3 aromatic rings. The van der Waals surface area contributed by atoms with E-state index in [1.165, 1.54) is 0 Å². The van der Waals surface area contributed by atoms with E-state index in [2.05, 4.69) is 15.2 Å². The molecule has 2 heterocycles. The van der Waals surface area contributed by atoms with Crippen LogP contribution in [0.5, 0.6) is 5.88 Å². The van der Waals surface area contributed by atoms with Crippen molar-refractivity contribution >= 4 is 17.2 Å². The Bertz CT molecular complexity index is 875. The maximum Gasteiger partial charge on any atom is 0.254 e. The molecule has 26 heavy (non-hydrogen) atoms. The third kappa shape index (κ3) is 3.57. The summed E-state index contributed by atoms with van der Waals surface area (Å²) in [7, 11) is 1.56. The fraction of sp³-hybridized carbons (Fsp3) is 0.263. The van der Waals surface area contributed by atoms with Crippen molar-refractivity contribution in [2.45, 2.75) is 25.4 Å². The van der Waals surface area contributed by atoms with Gasteiger partial charge in [-0.1, -0.05) is 12.1 Å². The third-order valence-corrected chi connectivity index (χ3v) is 5.08. The normalized spacial score (nSPS) is 13.4. The average molecular weight is 366 g/mol. The quantitative estimate of drug-likeness (QED) is 0.669. The maximum atomic E-state index is 12.9. The van der Waals surface area contributed by atoms with Gasteiger partial charge in [-0.25, -0.2) is 4.98 Å². The average Bonchev–Trinajstić information content (AvgIpc) is 3.41. The molecule has 0 radical (unpaired) electrons. The lowest BCUT2D eigenvalue weighted by Crippen LogP contribution is -2.32. The Labute approximate surface area is 155 Å². The van der Waals surface area contributed by atoms with Crippen LogP contribution in [0.3, 0.4) is 0 Å². The summed E-state index contributed by atoms with van der Waals surface area (Å²) in [5.74, 6) is 0.526. The zero-order chi connectivity index (χ0) is 17.9. The molecular weight excluding hydrogens is 348 g/mol. The van der Waals surface area contributed by atoms with Gasteiger partial charge in [-0.3, -0.25) is 4.79 Å². The van der Waals surface area contributed by atoms with Gasteiger partial charge in [0.05, 0.1) is 19.3 Å². The monoisotopic (exact) mass is 366 g/mol. The van der Waals surface area contributed by atoms with E-state index in [1.807, 2.05) is 40.6 Å². The van der Waals surface area contributed by atoms with E-state index >= 15 is 0 Å². The maximum absolute atomic E-state index is 12.9. The van der Waals surface area contributed by atoms with Gasteiger partial charge in [0.15, 0.2) is 0 Å². The zero-order valence-electron chi connectivity index (χ0n) is 14.3. The molecule has 132 valence electrons. The molecule has 0 N–H and O–H groups in total. The van der Waals surface area contributed by atoms with E-state index in [1.54, 1.807) is 30.7 Å². The minimum atomic E-state index is 0.0510. The molecule has 1 aliphatic rings. The van der Waals surface area contributed by atoms with Gasteiger partial charge >= 0.3 is 0 Å². The number of carbonyl (C=O) groups is 1. The van der Waals surface area contributed by atoms with Gasteiger partial charge in [-0.2, -0.15) is 0 Å². The number of hydrogen-bond acceptors (Lipinski definition) is 6. The molecule has 0 aliphatic heterocycles. The molecule has 0 saturated heterocycles. The number of thiazole rings is 1. The van der Waals surface area contributed by atoms with E-state index in [4.69, 9.17) is 4.74 Å². The highest BCUT2D eigenvalue weighted by Crippen LogP contribution is 2.30. The van der Waals surface area contributed by atoms with Gasteiger partial charge in [0.1, 0.15) is 5.01 Å². The van der Waals surface area contributed by atoms with Crippen LogP contribution in [0, 0.1) is 0 Å². The number of ether oxygens (including phenoxy) is 1. The largest absolute Gasteiger partial charge is 0.480 e. The number of benzene rings is 1. The fourth-order valence-electron chi connectivity index (χ4n) is 2.76. The van der Waals surface area contributed by atoms with Gasteiger partial charge in [0.2, 0.25) is 5.88 Å². The van der Waals surface area contributed by atoms with Crippen LogP contribution in [0.15, 0.2) is 48.0 Å². The molecule has 0 spiro atoms. The molecule has 1 fully saturated rings. The standard InChI is InChI=1S/C19H18N4O2S/c1-25-17-9-8-16(21-22-17)13-2-4-14(5-3-13)19(24)23(15-6-7-15)12-18-20-10-11-26-18/h2-5,8-11,15H,6-7,12H2,1H3. The highest BCUT2D eigenvalue weighted by Gasteiger charge is 2.33. The van der Waals surface area contributed by atoms with Crippen molar-refractivity contribution in [1.29, 1.82) is 0 Å². The van der Waals surface area contributed by atoms with E-state index in [0.717, 1.165) is 29.1 Å². The number of amides is 1. The van der Waals surface area contributed by atoms with Crippen LogP contribution in [-0.2, 0) is 6.54 Å². The fourth-order valence-corrected chi connectivity index (χ4v) is 3.38. The van der Waals surface area contributed by atoms with Crippen molar-refractivity contribution in [2.75, 3.05) is 7.11 Å². The molecule has 0 unspecified atom stereocenters. The molecular formula is C19H18N4O2S. The van der Waals surface area contributed by atoms with Gasteiger partial charge in [-0.15, -0.1) is 21.5 Å². The van der Waals surface area contributed by atoms with E-state index in [0.29, 0.717) is 24.0 Å². The molecule has 0 atom stereocenters. The van der Waals surface area contributed by atoms with Crippen molar-refractivity contribution in [3.05, 3.63) is 58.5 Å². The first-order valence-corrected chi connectivity index (χ1v) is 9.30. The Balaban J connectivity index is 1.52. The van der Waals surface area contributed by atoms with Crippen LogP contribution in [0.4, 0.5) is 0 Å². The van der Waals surface area contributed by atoms with Crippen molar-refractivity contribution in [1.82, 2.24) is 20.1 Å². The lowest BCUT2D eigenvalue weighted by Gasteiger charge is -2.21.